The molecule has 0 spiro atoms. The molecule has 0 aliphatic rings. The number of carbonyl (C=O) groups is 2. The van der Waals surface area contributed by atoms with Crippen LogP contribution in [0.15, 0.2) is 11.8 Å². The first-order valence-corrected chi connectivity index (χ1v) is 4.80. The van der Waals surface area contributed by atoms with Crippen molar-refractivity contribution in [1.82, 2.24) is 0 Å². The Bertz CT molecular complexity index is 281. The first kappa shape index (κ1) is 13.7. The van der Waals surface area contributed by atoms with Gasteiger partial charge in [-0.1, -0.05) is 20.8 Å². The number of esters is 1. The van der Waals surface area contributed by atoms with E-state index in [1.807, 2.05) is 0 Å². The summed E-state index contributed by atoms with van der Waals surface area (Å²) < 4.78 is 4.72. The number of hydrogen-bond donors (Lipinski definition) is 1. The zero-order valence-corrected chi connectivity index (χ0v) is 9.83. The van der Waals surface area contributed by atoms with Crippen LogP contribution in [0.5, 0.6) is 0 Å². The fourth-order valence-electron chi connectivity index (χ4n) is 0.674. The molecule has 0 fully saturated rings. The fraction of sp³-hybridized carbons (Fsp3) is 0.636. The molecule has 0 bridgehead atoms. The summed E-state index contributed by atoms with van der Waals surface area (Å²) in [6.45, 7) is 8.43. The molecule has 0 saturated heterocycles. The van der Waals surface area contributed by atoms with Crippen LogP contribution in [0.2, 0.25) is 0 Å². The Balaban J connectivity index is 4.57. The van der Waals surface area contributed by atoms with E-state index in [1.54, 1.807) is 34.6 Å². The molecule has 0 aromatic heterocycles. The molecular weight excluding hydrogens is 196 g/mol. The van der Waals surface area contributed by atoms with Crippen molar-refractivity contribution in [3.8, 4) is 0 Å². The lowest BCUT2D eigenvalue weighted by Gasteiger charge is -2.13. The number of carbonyl (C=O) groups excluding carboxylic acids is 2. The van der Waals surface area contributed by atoms with Gasteiger partial charge in [0.2, 0.25) is 5.76 Å². The average Bonchev–Trinajstić information content (AvgIpc) is 2.00. The summed E-state index contributed by atoms with van der Waals surface area (Å²) in [5, 5.41) is 9.27. The summed E-state index contributed by atoms with van der Waals surface area (Å²) in [6, 6.07) is 0. The molecule has 0 saturated carbocycles. The van der Waals surface area contributed by atoms with Gasteiger partial charge in [-0.05, 0) is 13.8 Å². The molecular formula is C11H18O4. The molecule has 86 valence electrons. The van der Waals surface area contributed by atoms with Crippen molar-refractivity contribution in [3.05, 3.63) is 11.8 Å². The molecule has 15 heavy (non-hydrogen) atoms. The Labute approximate surface area is 89.9 Å². The van der Waals surface area contributed by atoms with Crippen molar-refractivity contribution in [2.24, 2.45) is 5.41 Å². The lowest BCUT2D eigenvalue weighted by atomic mass is 9.90. The first-order valence-electron chi connectivity index (χ1n) is 4.80. The molecule has 4 heteroatoms. The zero-order valence-electron chi connectivity index (χ0n) is 9.83. The largest absolute Gasteiger partial charge is 0.502 e. The molecule has 0 radical (unpaired) electrons. The van der Waals surface area contributed by atoms with Crippen LogP contribution >= 0.6 is 0 Å². The van der Waals surface area contributed by atoms with Crippen LogP contribution in [-0.2, 0) is 14.3 Å². The molecule has 0 atom stereocenters. The topological polar surface area (TPSA) is 63.6 Å². The van der Waals surface area contributed by atoms with Gasteiger partial charge in [0.25, 0.3) is 0 Å². The Morgan fingerprint density at radius 2 is 1.73 bits per heavy atom. The molecule has 4 nitrogen and oxygen atoms in total. The highest BCUT2D eigenvalue weighted by atomic mass is 16.6. The number of ether oxygens (including phenoxy) is 1. The molecule has 0 unspecified atom stereocenters. The molecule has 0 aromatic carbocycles. The van der Waals surface area contributed by atoms with Crippen molar-refractivity contribution in [3.63, 3.8) is 0 Å². The summed E-state index contributed by atoms with van der Waals surface area (Å²) in [5.74, 6) is -1.84. The normalized spacial score (nSPS) is 12.8. The summed E-state index contributed by atoms with van der Waals surface area (Å²) >= 11 is 0. The summed E-state index contributed by atoms with van der Waals surface area (Å²) in [4.78, 5) is 22.5. The van der Waals surface area contributed by atoms with E-state index in [4.69, 9.17) is 4.74 Å². The summed E-state index contributed by atoms with van der Waals surface area (Å²) in [7, 11) is 0. The van der Waals surface area contributed by atoms with E-state index in [0.717, 1.165) is 6.08 Å². The van der Waals surface area contributed by atoms with Crippen LogP contribution in [0.1, 0.15) is 34.6 Å². The van der Waals surface area contributed by atoms with Crippen molar-refractivity contribution in [1.29, 1.82) is 0 Å². The van der Waals surface area contributed by atoms with E-state index >= 15 is 0 Å². The van der Waals surface area contributed by atoms with Gasteiger partial charge in [-0.2, -0.15) is 0 Å². The molecule has 0 aliphatic carbocycles. The lowest BCUT2D eigenvalue weighted by molar-refractivity contribution is -0.146. The van der Waals surface area contributed by atoms with Gasteiger partial charge in [-0.3, -0.25) is 4.79 Å². The Morgan fingerprint density at radius 1 is 1.27 bits per heavy atom. The van der Waals surface area contributed by atoms with E-state index in [0.29, 0.717) is 0 Å². The van der Waals surface area contributed by atoms with Gasteiger partial charge in [0, 0.05) is 11.5 Å². The predicted molar refractivity (Wildman–Crippen MR) is 56.4 cm³/mol. The smallest absolute Gasteiger partial charge is 0.373 e. The quantitative estimate of drug-likeness (QED) is 0.443. The monoisotopic (exact) mass is 214 g/mol. The van der Waals surface area contributed by atoms with E-state index < -0.39 is 17.1 Å². The number of aliphatic hydroxyl groups excluding tert-OH is 1. The van der Waals surface area contributed by atoms with Crippen LogP contribution in [0, 0.1) is 5.41 Å². The minimum absolute atomic E-state index is 0.319. The third-order valence-corrected chi connectivity index (χ3v) is 1.56. The summed E-state index contributed by atoms with van der Waals surface area (Å²) in [6.07, 6.45) is 0.586. The lowest BCUT2D eigenvalue weighted by Crippen LogP contribution is -2.20. The van der Waals surface area contributed by atoms with Crippen LogP contribution in [0.4, 0.5) is 0 Å². The van der Waals surface area contributed by atoms with Gasteiger partial charge < -0.3 is 9.84 Å². The second-order valence-electron chi connectivity index (χ2n) is 4.60. The highest BCUT2D eigenvalue weighted by molar-refractivity contribution is 6.00. The maximum atomic E-state index is 11.4. The molecule has 0 rings (SSSR count). The minimum atomic E-state index is -0.873. The maximum absolute atomic E-state index is 11.4. The minimum Gasteiger partial charge on any atom is -0.502 e. The van der Waals surface area contributed by atoms with E-state index in [2.05, 4.69) is 0 Å². The maximum Gasteiger partial charge on any atom is 0.373 e. The highest BCUT2D eigenvalue weighted by Crippen LogP contribution is 2.16. The van der Waals surface area contributed by atoms with Crippen LogP contribution in [0.25, 0.3) is 0 Å². The molecule has 0 heterocycles. The van der Waals surface area contributed by atoms with Crippen molar-refractivity contribution in [2.75, 3.05) is 0 Å². The molecule has 0 aromatic rings. The zero-order chi connectivity index (χ0) is 12.2. The van der Waals surface area contributed by atoms with E-state index in [1.165, 1.54) is 0 Å². The van der Waals surface area contributed by atoms with Gasteiger partial charge in [0.15, 0.2) is 5.78 Å². The van der Waals surface area contributed by atoms with Gasteiger partial charge in [-0.25, -0.2) is 4.79 Å². The fourth-order valence-corrected chi connectivity index (χ4v) is 0.674. The van der Waals surface area contributed by atoms with Gasteiger partial charge in [0.1, 0.15) is 0 Å². The van der Waals surface area contributed by atoms with E-state index in [-0.39, 0.29) is 11.9 Å². The molecule has 0 aliphatic heterocycles. The Morgan fingerprint density at radius 3 is 2.07 bits per heavy atom. The molecule has 1 N–H and O–H groups in total. The second-order valence-corrected chi connectivity index (χ2v) is 4.60. The Hall–Kier alpha value is -1.32. The van der Waals surface area contributed by atoms with Crippen molar-refractivity contribution in [2.45, 2.75) is 40.7 Å². The highest BCUT2D eigenvalue weighted by Gasteiger charge is 2.22. The summed E-state index contributed by atoms with van der Waals surface area (Å²) in [5.41, 5.74) is -0.619. The number of rotatable bonds is 3. The van der Waals surface area contributed by atoms with Gasteiger partial charge in [-0.15, -0.1) is 0 Å². The van der Waals surface area contributed by atoms with E-state index in [9.17, 15) is 14.7 Å². The van der Waals surface area contributed by atoms with Gasteiger partial charge >= 0.3 is 5.97 Å². The van der Waals surface area contributed by atoms with Crippen LogP contribution in [-0.4, -0.2) is 23.0 Å². The van der Waals surface area contributed by atoms with Crippen molar-refractivity contribution >= 4 is 11.8 Å². The first-order chi connectivity index (χ1) is 6.64. The number of hydrogen-bond acceptors (Lipinski definition) is 4. The van der Waals surface area contributed by atoms with Crippen molar-refractivity contribution < 1.29 is 19.4 Å². The molecule has 0 amide bonds. The second kappa shape index (κ2) is 4.96. The average molecular weight is 214 g/mol. The van der Waals surface area contributed by atoms with Crippen LogP contribution < -0.4 is 0 Å². The number of allylic oxidation sites excluding steroid dienone is 1. The number of ketones is 1. The SMILES string of the molecule is CC(C)OC(=O)/C(O)=C/C(=O)C(C)(C)C. The number of aliphatic hydroxyl groups is 1. The predicted octanol–water partition coefficient (Wildman–Crippen LogP) is 2.00. The van der Waals surface area contributed by atoms with Crippen LogP contribution in [0.3, 0.4) is 0 Å². The van der Waals surface area contributed by atoms with Gasteiger partial charge in [0.05, 0.1) is 6.10 Å². The third kappa shape index (κ3) is 5.20. The Kier molecular flexibility index (Phi) is 4.52. The standard InChI is InChI=1S/C11H18O4/c1-7(2)15-10(14)8(12)6-9(13)11(3,4)5/h6-7,12H,1-5H3/b8-6-. The third-order valence-electron chi connectivity index (χ3n) is 1.56.